The lowest BCUT2D eigenvalue weighted by molar-refractivity contribution is 0.506. The smallest absolute Gasteiger partial charge is 0.159 e. The molecule has 2 aromatic carbocycles. The third-order valence-electron chi connectivity index (χ3n) is 3.09. The SMILES string of the molecule is NCC(Cc1ccc(F)c(F)c1)c1ccc(F)cc1. The number of rotatable bonds is 4. The maximum absolute atomic E-state index is 13.1. The van der Waals surface area contributed by atoms with Gasteiger partial charge in [-0.2, -0.15) is 0 Å². The zero-order valence-electron chi connectivity index (χ0n) is 10.2. The highest BCUT2D eigenvalue weighted by Gasteiger charge is 2.12. The third kappa shape index (κ3) is 3.35. The first-order valence-corrected chi connectivity index (χ1v) is 5.99. The Hall–Kier alpha value is -1.81. The molecule has 2 aromatic rings. The van der Waals surface area contributed by atoms with Crippen LogP contribution in [0.25, 0.3) is 0 Å². The van der Waals surface area contributed by atoms with E-state index in [-0.39, 0.29) is 11.7 Å². The molecule has 0 aliphatic carbocycles. The monoisotopic (exact) mass is 265 g/mol. The molecule has 2 rings (SSSR count). The second-order valence-electron chi connectivity index (χ2n) is 4.44. The van der Waals surface area contributed by atoms with Gasteiger partial charge in [0.1, 0.15) is 5.82 Å². The van der Waals surface area contributed by atoms with E-state index in [2.05, 4.69) is 0 Å². The van der Waals surface area contributed by atoms with Crippen molar-refractivity contribution in [2.24, 2.45) is 5.73 Å². The van der Waals surface area contributed by atoms with Gasteiger partial charge in [-0.1, -0.05) is 18.2 Å². The molecule has 0 spiro atoms. The van der Waals surface area contributed by atoms with E-state index in [9.17, 15) is 13.2 Å². The fourth-order valence-corrected chi connectivity index (χ4v) is 2.02. The Balaban J connectivity index is 2.18. The minimum Gasteiger partial charge on any atom is -0.330 e. The summed E-state index contributed by atoms with van der Waals surface area (Å²) in [6.07, 6.45) is 0.485. The van der Waals surface area contributed by atoms with Crippen molar-refractivity contribution in [3.8, 4) is 0 Å². The molecule has 0 saturated carbocycles. The zero-order chi connectivity index (χ0) is 13.8. The van der Waals surface area contributed by atoms with Crippen molar-refractivity contribution < 1.29 is 13.2 Å². The van der Waals surface area contributed by atoms with Gasteiger partial charge in [0.25, 0.3) is 0 Å². The van der Waals surface area contributed by atoms with E-state index >= 15 is 0 Å². The van der Waals surface area contributed by atoms with Crippen LogP contribution in [0.4, 0.5) is 13.2 Å². The van der Waals surface area contributed by atoms with Crippen molar-refractivity contribution >= 4 is 0 Å². The van der Waals surface area contributed by atoms with E-state index < -0.39 is 11.6 Å². The molecule has 0 heterocycles. The molecule has 0 radical (unpaired) electrons. The minimum absolute atomic E-state index is 0.0505. The second kappa shape index (κ2) is 5.89. The van der Waals surface area contributed by atoms with Crippen LogP contribution in [0.3, 0.4) is 0 Å². The molecule has 0 amide bonds. The lowest BCUT2D eigenvalue weighted by atomic mass is 9.92. The Kier molecular flexibility index (Phi) is 4.22. The van der Waals surface area contributed by atoms with Crippen LogP contribution in [0, 0.1) is 17.5 Å². The molecule has 0 bridgehead atoms. The topological polar surface area (TPSA) is 26.0 Å². The summed E-state index contributed by atoms with van der Waals surface area (Å²) in [7, 11) is 0. The summed E-state index contributed by atoms with van der Waals surface area (Å²) >= 11 is 0. The molecule has 0 aromatic heterocycles. The fraction of sp³-hybridized carbons (Fsp3) is 0.200. The summed E-state index contributed by atoms with van der Waals surface area (Å²) in [4.78, 5) is 0. The van der Waals surface area contributed by atoms with E-state index in [1.54, 1.807) is 12.1 Å². The largest absolute Gasteiger partial charge is 0.330 e. The first kappa shape index (κ1) is 13.6. The number of hydrogen-bond acceptors (Lipinski definition) is 1. The highest BCUT2D eigenvalue weighted by atomic mass is 19.2. The van der Waals surface area contributed by atoms with Gasteiger partial charge in [-0.05, 0) is 48.4 Å². The maximum Gasteiger partial charge on any atom is 0.159 e. The summed E-state index contributed by atoms with van der Waals surface area (Å²) in [5.41, 5.74) is 7.25. The van der Waals surface area contributed by atoms with Crippen molar-refractivity contribution in [3.63, 3.8) is 0 Å². The molecule has 0 aliphatic rings. The summed E-state index contributed by atoms with van der Waals surface area (Å²) in [6, 6.07) is 9.85. The summed E-state index contributed by atoms with van der Waals surface area (Å²) in [6.45, 7) is 0.352. The quantitative estimate of drug-likeness (QED) is 0.901. The molecule has 1 atom stereocenters. The van der Waals surface area contributed by atoms with E-state index in [1.165, 1.54) is 24.3 Å². The molecule has 4 heteroatoms. The van der Waals surface area contributed by atoms with Crippen LogP contribution >= 0.6 is 0 Å². The zero-order valence-corrected chi connectivity index (χ0v) is 10.2. The van der Waals surface area contributed by atoms with Crippen molar-refractivity contribution in [2.45, 2.75) is 12.3 Å². The number of halogens is 3. The fourth-order valence-electron chi connectivity index (χ4n) is 2.02. The van der Waals surface area contributed by atoms with Gasteiger partial charge in [-0.3, -0.25) is 0 Å². The van der Waals surface area contributed by atoms with E-state index in [4.69, 9.17) is 5.73 Å². The Bertz CT molecular complexity index is 552. The highest BCUT2D eigenvalue weighted by Crippen LogP contribution is 2.21. The Morgan fingerprint density at radius 2 is 1.58 bits per heavy atom. The van der Waals surface area contributed by atoms with Gasteiger partial charge in [0.15, 0.2) is 11.6 Å². The van der Waals surface area contributed by atoms with Gasteiger partial charge in [0.05, 0.1) is 0 Å². The van der Waals surface area contributed by atoms with Crippen LogP contribution in [0.2, 0.25) is 0 Å². The average Bonchev–Trinajstić information content (AvgIpc) is 2.41. The Morgan fingerprint density at radius 1 is 0.895 bits per heavy atom. The van der Waals surface area contributed by atoms with E-state index in [1.807, 2.05) is 0 Å². The summed E-state index contributed by atoms with van der Waals surface area (Å²) < 4.78 is 38.8. The Morgan fingerprint density at radius 3 is 2.16 bits per heavy atom. The third-order valence-corrected chi connectivity index (χ3v) is 3.09. The standard InChI is InChI=1S/C15H14F3N/c16-13-4-2-11(3-5-13)12(9-19)7-10-1-6-14(17)15(18)8-10/h1-6,8,12H,7,9,19H2. The van der Waals surface area contributed by atoms with Gasteiger partial charge < -0.3 is 5.73 Å². The molecule has 0 saturated heterocycles. The van der Waals surface area contributed by atoms with Crippen LogP contribution in [0.5, 0.6) is 0 Å². The lowest BCUT2D eigenvalue weighted by Crippen LogP contribution is -2.15. The van der Waals surface area contributed by atoms with Crippen LogP contribution in [-0.2, 0) is 6.42 Å². The molecular formula is C15H14F3N. The molecule has 100 valence electrons. The predicted octanol–water partition coefficient (Wildman–Crippen LogP) is 3.39. The highest BCUT2D eigenvalue weighted by molar-refractivity contribution is 5.25. The average molecular weight is 265 g/mol. The minimum atomic E-state index is -0.868. The van der Waals surface area contributed by atoms with E-state index in [0.29, 0.717) is 18.5 Å². The molecule has 1 nitrogen and oxygen atoms in total. The van der Waals surface area contributed by atoms with Crippen molar-refractivity contribution in [3.05, 3.63) is 71.0 Å². The lowest BCUT2D eigenvalue weighted by Gasteiger charge is -2.15. The summed E-state index contributed by atoms with van der Waals surface area (Å²) in [5, 5.41) is 0. The number of nitrogens with two attached hydrogens (primary N) is 1. The first-order chi connectivity index (χ1) is 9.10. The second-order valence-corrected chi connectivity index (χ2v) is 4.44. The number of hydrogen-bond donors (Lipinski definition) is 1. The molecule has 2 N–H and O–H groups in total. The Labute approximate surface area is 109 Å². The predicted molar refractivity (Wildman–Crippen MR) is 68.3 cm³/mol. The van der Waals surface area contributed by atoms with Crippen molar-refractivity contribution in [1.29, 1.82) is 0 Å². The van der Waals surface area contributed by atoms with Gasteiger partial charge in [-0.25, -0.2) is 13.2 Å². The normalized spacial score (nSPS) is 12.4. The number of benzene rings is 2. The molecular weight excluding hydrogens is 251 g/mol. The van der Waals surface area contributed by atoms with Gasteiger partial charge in [-0.15, -0.1) is 0 Å². The van der Waals surface area contributed by atoms with Crippen molar-refractivity contribution in [1.82, 2.24) is 0 Å². The van der Waals surface area contributed by atoms with E-state index in [0.717, 1.165) is 11.6 Å². The molecule has 19 heavy (non-hydrogen) atoms. The molecule has 0 fully saturated rings. The maximum atomic E-state index is 13.1. The first-order valence-electron chi connectivity index (χ1n) is 5.99. The van der Waals surface area contributed by atoms with Crippen LogP contribution in [0.15, 0.2) is 42.5 Å². The van der Waals surface area contributed by atoms with Gasteiger partial charge in [0.2, 0.25) is 0 Å². The van der Waals surface area contributed by atoms with Crippen LogP contribution < -0.4 is 5.73 Å². The van der Waals surface area contributed by atoms with Crippen molar-refractivity contribution in [2.75, 3.05) is 6.54 Å². The van der Waals surface area contributed by atoms with Gasteiger partial charge in [0, 0.05) is 5.92 Å². The van der Waals surface area contributed by atoms with Crippen LogP contribution in [0.1, 0.15) is 17.0 Å². The molecule has 0 aliphatic heterocycles. The van der Waals surface area contributed by atoms with Gasteiger partial charge >= 0.3 is 0 Å². The van der Waals surface area contributed by atoms with Crippen LogP contribution in [-0.4, -0.2) is 6.54 Å². The molecule has 1 unspecified atom stereocenters. The summed E-state index contributed by atoms with van der Waals surface area (Å²) in [5.74, 6) is -2.10.